The van der Waals surface area contributed by atoms with Crippen molar-refractivity contribution in [3.63, 3.8) is 0 Å². The molecule has 2 aliphatic heterocycles. The molecule has 2 aliphatic rings. The predicted molar refractivity (Wildman–Crippen MR) is 96.4 cm³/mol. The highest BCUT2D eigenvalue weighted by Crippen LogP contribution is 2.31. The van der Waals surface area contributed by atoms with E-state index in [4.69, 9.17) is 9.16 Å². The first kappa shape index (κ1) is 16.5. The fourth-order valence-electron chi connectivity index (χ4n) is 3.15. The van der Waals surface area contributed by atoms with E-state index >= 15 is 0 Å². The van der Waals surface area contributed by atoms with Crippen LogP contribution in [0.15, 0.2) is 35.3 Å². The van der Waals surface area contributed by atoms with Crippen LogP contribution in [0, 0.1) is 0 Å². The minimum Gasteiger partial charge on any atom is -0.506 e. The van der Waals surface area contributed by atoms with Crippen LogP contribution in [0.5, 0.6) is 0 Å². The van der Waals surface area contributed by atoms with Crippen LogP contribution >= 0.6 is 0 Å². The highest BCUT2D eigenvalue weighted by Gasteiger charge is 2.42. The number of ether oxygens (including phenoxy) is 1. The number of rotatable bonds is 4. The summed E-state index contributed by atoms with van der Waals surface area (Å²) >= 11 is 0. The minimum absolute atomic E-state index is 0.0990. The molecule has 4 nitrogen and oxygen atoms in total. The van der Waals surface area contributed by atoms with E-state index in [0.29, 0.717) is 6.08 Å². The van der Waals surface area contributed by atoms with E-state index in [0.717, 1.165) is 45.4 Å². The van der Waals surface area contributed by atoms with Gasteiger partial charge in [0.05, 0.1) is 6.54 Å². The van der Waals surface area contributed by atoms with Crippen molar-refractivity contribution in [2.24, 2.45) is 4.99 Å². The Morgan fingerprint density at radius 1 is 1.17 bits per heavy atom. The zero-order valence-corrected chi connectivity index (χ0v) is 15.5. The van der Waals surface area contributed by atoms with Crippen LogP contribution in [0.3, 0.4) is 0 Å². The molecule has 3 rings (SSSR count). The van der Waals surface area contributed by atoms with Crippen molar-refractivity contribution in [3.8, 4) is 0 Å². The number of hydrogen-bond donors (Lipinski definition) is 0. The number of piperidine rings is 1. The lowest BCUT2D eigenvalue weighted by Crippen LogP contribution is -2.47. The van der Waals surface area contributed by atoms with Gasteiger partial charge in [-0.3, -0.25) is 0 Å². The Morgan fingerprint density at radius 2 is 1.87 bits per heavy atom. The van der Waals surface area contributed by atoms with E-state index in [2.05, 4.69) is 59.9 Å². The van der Waals surface area contributed by atoms with Crippen molar-refractivity contribution in [3.05, 3.63) is 35.9 Å². The molecule has 0 amide bonds. The molecular formula is C18H28N2O2Si. The predicted octanol–water partition coefficient (Wildman–Crippen LogP) is 3.30. The van der Waals surface area contributed by atoms with Crippen LogP contribution in [-0.2, 0) is 15.6 Å². The van der Waals surface area contributed by atoms with Gasteiger partial charge in [-0.2, -0.15) is 0 Å². The number of nitrogens with zero attached hydrogens (tertiary/aromatic N) is 2. The quantitative estimate of drug-likeness (QED) is 0.793. The van der Waals surface area contributed by atoms with Gasteiger partial charge in [-0.15, -0.1) is 0 Å². The van der Waals surface area contributed by atoms with Crippen LogP contribution in [0.2, 0.25) is 19.6 Å². The Balaban J connectivity index is 1.44. The second-order valence-electron chi connectivity index (χ2n) is 7.66. The van der Waals surface area contributed by atoms with Gasteiger partial charge >= 0.3 is 6.08 Å². The largest absolute Gasteiger partial charge is 0.506 e. The molecule has 1 fully saturated rings. The molecule has 0 unspecified atom stereocenters. The van der Waals surface area contributed by atoms with Crippen molar-refractivity contribution in [2.75, 3.05) is 26.2 Å². The van der Waals surface area contributed by atoms with Gasteiger partial charge in [0, 0.05) is 32.5 Å². The summed E-state index contributed by atoms with van der Waals surface area (Å²) in [6, 6.07) is 10.7. The zero-order chi connectivity index (χ0) is 16.3. The second kappa shape index (κ2) is 6.65. The van der Waals surface area contributed by atoms with Crippen LogP contribution < -0.4 is 0 Å². The smallest absolute Gasteiger partial charge is 0.370 e. The van der Waals surface area contributed by atoms with Crippen molar-refractivity contribution in [1.82, 2.24) is 4.90 Å². The summed E-state index contributed by atoms with van der Waals surface area (Å²) in [7, 11) is -1.63. The first-order valence-corrected chi connectivity index (χ1v) is 12.0. The highest BCUT2D eigenvalue weighted by atomic mass is 28.4. The molecule has 1 aromatic carbocycles. The maximum Gasteiger partial charge on any atom is 0.370 e. The van der Waals surface area contributed by atoms with Gasteiger partial charge < -0.3 is 14.1 Å². The molecule has 1 aromatic rings. The van der Waals surface area contributed by atoms with E-state index in [1.165, 1.54) is 5.56 Å². The highest BCUT2D eigenvalue weighted by molar-refractivity contribution is 6.71. The number of aliphatic imine (C=N–C) groups is 1. The Kier molecular flexibility index (Phi) is 4.78. The molecule has 5 heteroatoms. The second-order valence-corrected chi connectivity index (χ2v) is 12.1. The molecule has 1 spiro atoms. The number of benzene rings is 1. The molecule has 0 saturated carbocycles. The van der Waals surface area contributed by atoms with Gasteiger partial charge in [0.1, 0.15) is 5.60 Å². The molecule has 126 valence electrons. The summed E-state index contributed by atoms with van der Waals surface area (Å²) in [6.07, 6.45) is 3.75. The van der Waals surface area contributed by atoms with E-state index in [-0.39, 0.29) is 5.60 Å². The van der Waals surface area contributed by atoms with Crippen LogP contribution in [-0.4, -0.2) is 51.1 Å². The summed E-state index contributed by atoms with van der Waals surface area (Å²) in [5.74, 6) is 0. The summed E-state index contributed by atoms with van der Waals surface area (Å²) in [5, 5.41) is 0. The Labute approximate surface area is 140 Å². The number of likely N-dealkylation sites (tertiary alicyclic amines) is 1. The third-order valence-electron chi connectivity index (χ3n) is 4.52. The molecule has 0 radical (unpaired) electrons. The lowest BCUT2D eigenvalue weighted by atomic mass is 9.91. The van der Waals surface area contributed by atoms with Gasteiger partial charge in [-0.1, -0.05) is 30.3 Å². The lowest BCUT2D eigenvalue weighted by Gasteiger charge is -2.38. The topological polar surface area (TPSA) is 34.1 Å². The van der Waals surface area contributed by atoms with Crippen LogP contribution in [0.25, 0.3) is 0 Å². The average Bonchev–Trinajstić information content (AvgIpc) is 2.88. The Bertz CT molecular complexity index is 546. The van der Waals surface area contributed by atoms with Crippen molar-refractivity contribution in [2.45, 2.75) is 44.5 Å². The van der Waals surface area contributed by atoms with Gasteiger partial charge in [-0.05, 0) is 31.6 Å². The molecule has 0 atom stereocenters. The molecule has 2 heterocycles. The zero-order valence-electron chi connectivity index (χ0n) is 14.5. The fourth-order valence-corrected chi connectivity index (χ4v) is 3.78. The molecular weight excluding hydrogens is 304 g/mol. The average molecular weight is 333 g/mol. The third kappa shape index (κ3) is 4.58. The molecule has 0 aromatic heterocycles. The van der Waals surface area contributed by atoms with Gasteiger partial charge in [0.15, 0.2) is 0 Å². The summed E-state index contributed by atoms with van der Waals surface area (Å²) in [6.45, 7) is 10.5. The molecule has 0 N–H and O–H groups in total. The van der Waals surface area contributed by atoms with Crippen LogP contribution in [0.4, 0.5) is 0 Å². The Morgan fingerprint density at radius 3 is 2.52 bits per heavy atom. The third-order valence-corrected chi connectivity index (χ3v) is 5.31. The lowest BCUT2D eigenvalue weighted by molar-refractivity contribution is 0.00214. The minimum atomic E-state index is -1.63. The maximum atomic E-state index is 6.11. The van der Waals surface area contributed by atoms with E-state index < -0.39 is 8.32 Å². The molecule has 1 saturated heterocycles. The molecule has 0 bridgehead atoms. The van der Waals surface area contributed by atoms with Crippen LogP contribution in [0.1, 0.15) is 18.4 Å². The maximum absolute atomic E-state index is 6.11. The SMILES string of the molecule is C[Si](C)(C)OC1=NCC2(CCN(CCc3ccccc3)CC2)O1. The van der Waals surface area contributed by atoms with Crippen molar-refractivity contribution in [1.29, 1.82) is 0 Å². The van der Waals surface area contributed by atoms with Gasteiger partial charge in [0.25, 0.3) is 0 Å². The fraction of sp³-hybridized carbons (Fsp3) is 0.611. The summed E-state index contributed by atoms with van der Waals surface area (Å²) in [5.41, 5.74) is 1.32. The number of hydrogen-bond acceptors (Lipinski definition) is 4. The monoisotopic (exact) mass is 332 g/mol. The van der Waals surface area contributed by atoms with E-state index in [1.807, 2.05) is 0 Å². The van der Waals surface area contributed by atoms with E-state index in [1.54, 1.807) is 0 Å². The normalized spacial score (nSPS) is 21.1. The Hall–Kier alpha value is -1.33. The standard InChI is InChI=1S/C18H28N2O2Si/c1-23(2,3)22-17-19-15-18(21-17)10-13-20(14-11-18)12-9-16-7-5-4-6-8-16/h4-8H,9-15H2,1-3H3. The molecule has 0 aliphatic carbocycles. The van der Waals surface area contributed by atoms with Gasteiger partial charge in [-0.25, -0.2) is 4.99 Å². The first-order valence-electron chi connectivity index (χ1n) is 8.63. The van der Waals surface area contributed by atoms with E-state index in [9.17, 15) is 0 Å². The molecule has 23 heavy (non-hydrogen) atoms. The van der Waals surface area contributed by atoms with Crippen molar-refractivity contribution >= 4 is 14.4 Å². The summed E-state index contributed by atoms with van der Waals surface area (Å²) < 4.78 is 12.0. The first-order chi connectivity index (χ1) is 10.9. The van der Waals surface area contributed by atoms with Crippen molar-refractivity contribution < 1.29 is 9.16 Å². The summed E-state index contributed by atoms with van der Waals surface area (Å²) in [4.78, 5) is 7.05. The van der Waals surface area contributed by atoms with Gasteiger partial charge in [0.2, 0.25) is 8.32 Å².